The Kier molecular flexibility index (Phi) is 4.55. The average molecular weight is 276 g/mol. The summed E-state index contributed by atoms with van der Waals surface area (Å²) in [5.41, 5.74) is 1.47. The number of hydrogen-bond acceptors (Lipinski definition) is 4. The maximum Gasteiger partial charge on any atom is 0.251 e. The van der Waals surface area contributed by atoms with Crippen molar-refractivity contribution in [1.82, 2.24) is 15.6 Å². The number of anilines is 1. The highest BCUT2D eigenvalue weighted by molar-refractivity contribution is 5.95. The molecule has 1 aromatic heterocycles. The lowest BCUT2D eigenvalue weighted by molar-refractivity contribution is -0.122. The van der Waals surface area contributed by atoms with Gasteiger partial charge in [0, 0.05) is 37.3 Å². The second-order valence-corrected chi connectivity index (χ2v) is 4.85. The van der Waals surface area contributed by atoms with Crippen LogP contribution in [0.15, 0.2) is 12.1 Å². The zero-order valence-electron chi connectivity index (χ0n) is 11.8. The Morgan fingerprint density at radius 2 is 2.30 bits per heavy atom. The fourth-order valence-electron chi connectivity index (χ4n) is 2.15. The lowest BCUT2D eigenvalue weighted by atomic mass is 10.1. The van der Waals surface area contributed by atoms with Gasteiger partial charge in [-0.3, -0.25) is 9.59 Å². The van der Waals surface area contributed by atoms with Gasteiger partial charge in [0.15, 0.2) is 0 Å². The fourth-order valence-corrected chi connectivity index (χ4v) is 2.15. The Morgan fingerprint density at radius 3 is 2.90 bits per heavy atom. The first-order chi connectivity index (χ1) is 9.62. The molecule has 1 saturated heterocycles. The van der Waals surface area contributed by atoms with E-state index in [-0.39, 0.29) is 17.9 Å². The van der Waals surface area contributed by atoms with Gasteiger partial charge in [-0.2, -0.15) is 0 Å². The van der Waals surface area contributed by atoms with Gasteiger partial charge in [-0.1, -0.05) is 6.92 Å². The molecule has 0 spiro atoms. The fraction of sp³-hybridized carbons (Fsp3) is 0.500. The molecule has 2 rings (SSSR count). The van der Waals surface area contributed by atoms with E-state index in [9.17, 15) is 9.59 Å². The third kappa shape index (κ3) is 3.46. The molecule has 1 fully saturated rings. The third-order valence-electron chi connectivity index (χ3n) is 3.36. The van der Waals surface area contributed by atoms with Crippen molar-refractivity contribution in [1.29, 1.82) is 0 Å². The number of piperidine rings is 1. The number of nitrogens with one attached hydrogen (secondary N) is 3. The van der Waals surface area contributed by atoms with Crippen LogP contribution in [-0.2, 0) is 11.2 Å². The van der Waals surface area contributed by atoms with Crippen molar-refractivity contribution < 1.29 is 9.59 Å². The van der Waals surface area contributed by atoms with Crippen molar-refractivity contribution in [2.45, 2.75) is 32.2 Å². The van der Waals surface area contributed by atoms with Crippen LogP contribution in [-0.4, -0.2) is 36.4 Å². The van der Waals surface area contributed by atoms with E-state index in [2.05, 4.69) is 20.9 Å². The predicted molar refractivity (Wildman–Crippen MR) is 76.7 cm³/mol. The van der Waals surface area contributed by atoms with Gasteiger partial charge in [-0.05, 0) is 25.0 Å². The zero-order valence-corrected chi connectivity index (χ0v) is 11.8. The number of nitrogens with zero attached hydrogens (tertiary/aromatic N) is 1. The Morgan fingerprint density at radius 1 is 1.50 bits per heavy atom. The Bertz CT molecular complexity index is 484. The number of aryl methyl sites for hydroxylation is 1. The molecule has 1 unspecified atom stereocenters. The summed E-state index contributed by atoms with van der Waals surface area (Å²) in [6, 6.07) is 3.53. The van der Waals surface area contributed by atoms with Crippen LogP contribution >= 0.6 is 0 Å². The zero-order chi connectivity index (χ0) is 14.5. The van der Waals surface area contributed by atoms with Crippen molar-refractivity contribution in [3.05, 3.63) is 23.4 Å². The summed E-state index contributed by atoms with van der Waals surface area (Å²) in [5.74, 6) is 0.608. The monoisotopic (exact) mass is 276 g/mol. The molecule has 0 radical (unpaired) electrons. The summed E-state index contributed by atoms with van der Waals surface area (Å²) in [4.78, 5) is 27.7. The molecule has 0 aliphatic carbocycles. The average Bonchev–Trinajstić information content (AvgIpc) is 2.48. The first-order valence-electron chi connectivity index (χ1n) is 6.88. The van der Waals surface area contributed by atoms with E-state index >= 15 is 0 Å². The van der Waals surface area contributed by atoms with Crippen LogP contribution in [0.4, 0.5) is 5.82 Å². The largest absolute Gasteiger partial charge is 0.373 e. The highest BCUT2D eigenvalue weighted by Crippen LogP contribution is 2.12. The van der Waals surface area contributed by atoms with Crippen molar-refractivity contribution in [3.63, 3.8) is 0 Å². The minimum Gasteiger partial charge on any atom is -0.373 e. The van der Waals surface area contributed by atoms with Gasteiger partial charge in [0.1, 0.15) is 5.82 Å². The maximum absolute atomic E-state index is 12.3. The van der Waals surface area contributed by atoms with Gasteiger partial charge < -0.3 is 16.0 Å². The van der Waals surface area contributed by atoms with E-state index in [0.29, 0.717) is 30.8 Å². The van der Waals surface area contributed by atoms with E-state index in [1.807, 2.05) is 6.92 Å². The molecule has 0 saturated carbocycles. The molecule has 2 heterocycles. The van der Waals surface area contributed by atoms with Gasteiger partial charge in [0.25, 0.3) is 5.91 Å². The lowest BCUT2D eigenvalue weighted by Crippen LogP contribution is -2.47. The van der Waals surface area contributed by atoms with Crippen molar-refractivity contribution >= 4 is 17.6 Å². The molecule has 6 heteroatoms. The van der Waals surface area contributed by atoms with Crippen LogP contribution in [0.25, 0.3) is 0 Å². The summed E-state index contributed by atoms with van der Waals surface area (Å²) in [6.07, 6.45) is 1.92. The van der Waals surface area contributed by atoms with E-state index in [0.717, 1.165) is 12.1 Å². The Balaban J connectivity index is 2.06. The van der Waals surface area contributed by atoms with Crippen LogP contribution in [0.5, 0.6) is 0 Å². The maximum atomic E-state index is 12.3. The predicted octanol–water partition coefficient (Wildman–Crippen LogP) is 0.694. The molecule has 1 atom stereocenters. The molecule has 20 heavy (non-hydrogen) atoms. The number of aromatic nitrogens is 1. The summed E-state index contributed by atoms with van der Waals surface area (Å²) in [6.45, 7) is 2.50. The Hall–Kier alpha value is -2.11. The first kappa shape index (κ1) is 14.3. The minimum atomic E-state index is -0.125. The number of carbonyl (C=O) groups is 2. The Labute approximate surface area is 118 Å². The molecular formula is C14H20N4O2. The van der Waals surface area contributed by atoms with Crippen molar-refractivity contribution in [2.75, 3.05) is 18.9 Å². The van der Waals surface area contributed by atoms with Gasteiger partial charge >= 0.3 is 0 Å². The van der Waals surface area contributed by atoms with Gasteiger partial charge in [0.05, 0.1) is 0 Å². The minimum absolute atomic E-state index is 0.00326. The van der Waals surface area contributed by atoms with Crippen LogP contribution in [0, 0.1) is 0 Å². The van der Waals surface area contributed by atoms with Crippen LogP contribution in [0.3, 0.4) is 0 Å². The van der Waals surface area contributed by atoms with Crippen molar-refractivity contribution in [2.24, 2.45) is 0 Å². The molecule has 2 amide bonds. The first-order valence-corrected chi connectivity index (χ1v) is 6.88. The SMILES string of the molecule is CCc1cc(C(=O)NC2CCC(=O)NC2)cc(NC)n1. The van der Waals surface area contributed by atoms with E-state index in [1.165, 1.54) is 0 Å². The lowest BCUT2D eigenvalue weighted by Gasteiger charge is -2.23. The second kappa shape index (κ2) is 6.36. The van der Waals surface area contributed by atoms with Gasteiger partial charge in [-0.25, -0.2) is 4.98 Å². The molecule has 0 bridgehead atoms. The standard InChI is InChI=1S/C14H20N4O2/c1-3-10-6-9(7-12(15-2)17-10)14(20)18-11-4-5-13(19)16-8-11/h6-7,11H,3-5,8H2,1-2H3,(H,15,17)(H,16,19)(H,18,20). The molecule has 6 nitrogen and oxygen atoms in total. The van der Waals surface area contributed by atoms with Crippen molar-refractivity contribution in [3.8, 4) is 0 Å². The molecule has 108 valence electrons. The molecule has 1 aliphatic heterocycles. The highest BCUT2D eigenvalue weighted by atomic mass is 16.2. The van der Waals surface area contributed by atoms with E-state index in [1.54, 1.807) is 19.2 Å². The van der Waals surface area contributed by atoms with Crippen LogP contribution < -0.4 is 16.0 Å². The quantitative estimate of drug-likeness (QED) is 0.755. The number of rotatable bonds is 4. The molecule has 3 N–H and O–H groups in total. The number of carbonyl (C=O) groups excluding carboxylic acids is 2. The van der Waals surface area contributed by atoms with Crippen LogP contribution in [0.2, 0.25) is 0 Å². The highest BCUT2D eigenvalue weighted by Gasteiger charge is 2.20. The molecule has 1 aromatic rings. The molecule has 0 aromatic carbocycles. The summed E-state index contributed by atoms with van der Waals surface area (Å²) in [5, 5.41) is 8.66. The van der Waals surface area contributed by atoms with Crippen LogP contribution in [0.1, 0.15) is 35.8 Å². The molecule has 1 aliphatic rings. The second-order valence-electron chi connectivity index (χ2n) is 4.85. The summed E-state index contributed by atoms with van der Waals surface area (Å²) < 4.78 is 0. The van der Waals surface area contributed by atoms with E-state index in [4.69, 9.17) is 0 Å². The van der Waals surface area contributed by atoms with Gasteiger partial charge in [0.2, 0.25) is 5.91 Å². The number of pyridine rings is 1. The van der Waals surface area contributed by atoms with Gasteiger partial charge in [-0.15, -0.1) is 0 Å². The number of amides is 2. The summed E-state index contributed by atoms with van der Waals surface area (Å²) in [7, 11) is 1.78. The smallest absolute Gasteiger partial charge is 0.251 e. The normalized spacial score (nSPS) is 18.3. The third-order valence-corrected chi connectivity index (χ3v) is 3.36. The van der Waals surface area contributed by atoms with E-state index < -0.39 is 0 Å². The summed E-state index contributed by atoms with van der Waals surface area (Å²) >= 11 is 0. The number of hydrogen-bond donors (Lipinski definition) is 3. The topological polar surface area (TPSA) is 83.1 Å². The molecular weight excluding hydrogens is 256 g/mol.